The molecule has 0 radical (unpaired) electrons. The molecule has 7 heteroatoms. The molecule has 0 bridgehead atoms. The Hall–Kier alpha value is -1.05. The smallest absolute Gasteiger partial charge is 0.241 e. The lowest BCUT2D eigenvalue weighted by molar-refractivity contribution is 0.576. The Bertz CT molecular complexity index is 562. The fourth-order valence-corrected chi connectivity index (χ4v) is 3.48. The zero-order valence-corrected chi connectivity index (χ0v) is 12.0. The Morgan fingerprint density at radius 1 is 1.39 bits per heavy atom. The number of aryl methyl sites for hydroxylation is 2. The maximum atomic E-state index is 13.1. The molecule has 0 aliphatic heterocycles. The first kappa shape index (κ1) is 15.0. The molecular formula is C11H15FN2O2S2. The monoisotopic (exact) mass is 290 g/mol. The Kier molecular flexibility index (Phi) is 4.41. The first-order chi connectivity index (χ1) is 8.15. The summed E-state index contributed by atoms with van der Waals surface area (Å²) in [5.41, 5.74) is 6.05. The lowest BCUT2D eigenvalue weighted by Crippen LogP contribution is -2.41. The van der Waals surface area contributed by atoms with E-state index in [-0.39, 0.29) is 9.88 Å². The molecule has 0 aliphatic rings. The second kappa shape index (κ2) is 5.29. The molecule has 100 valence electrons. The molecule has 0 heterocycles. The van der Waals surface area contributed by atoms with Gasteiger partial charge >= 0.3 is 0 Å². The molecular weight excluding hydrogens is 275 g/mol. The van der Waals surface area contributed by atoms with Gasteiger partial charge in [-0.1, -0.05) is 12.2 Å². The summed E-state index contributed by atoms with van der Waals surface area (Å²) in [7, 11) is -3.77. The molecule has 0 saturated heterocycles. The molecule has 0 saturated carbocycles. The molecule has 0 fully saturated rings. The van der Waals surface area contributed by atoms with Crippen LogP contribution in [0.2, 0.25) is 0 Å². The van der Waals surface area contributed by atoms with Crippen molar-refractivity contribution in [1.82, 2.24) is 4.72 Å². The minimum absolute atomic E-state index is 0.0518. The number of hydrogen-bond acceptors (Lipinski definition) is 3. The fourth-order valence-electron chi connectivity index (χ4n) is 1.67. The minimum Gasteiger partial charge on any atom is -0.392 e. The number of halogens is 1. The third-order valence-electron chi connectivity index (χ3n) is 2.45. The van der Waals surface area contributed by atoms with Gasteiger partial charge in [0.25, 0.3) is 0 Å². The van der Waals surface area contributed by atoms with Gasteiger partial charge in [-0.3, -0.25) is 0 Å². The van der Waals surface area contributed by atoms with Crippen molar-refractivity contribution in [1.29, 1.82) is 0 Å². The van der Waals surface area contributed by atoms with Gasteiger partial charge in [0, 0.05) is 0 Å². The van der Waals surface area contributed by atoms with Crippen LogP contribution in [0.1, 0.15) is 18.1 Å². The van der Waals surface area contributed by atoms with Crippen LogP contribution in [0.15, 0.2) is 17.0 Å². The van der Waals surface area contributed by atoms with E-state index in [0.717, 1.165) is 0 Å². The van der Waals surface area contributed by atoms with Crippen LogP contribution >= 0.6 is 12.2 Å². The van der Waals surface area contributed by atoms with Gasteiger partial charge in [0.15, 0.2) is 0 Å². The van der Waals surface area contributed by atoms with Crippen molar-refractivity contribution in [2.75, 3.05) is 0 Å². The standard InChI is InChI=1S/C11H15FN2O2S2/c1-6-4-9(12)5-7(2)10(6)18(15,16)14-8(3)11(13)17/h4-5,8,14H,1-3H3,(H2,13,17). The molecule has 1 rings (SSSR count). The molecule has 0 aromatic heterocycles. The van der Waals surface area contributed by atoms with Crippen molar-refractivity contribution >= 4 is 27.2 Å². The predicted octanol–water partition coefficient (Wildman–Crippen LogP) is 1.40. The highest BCUT2D eigenvalue weighted by Crippen LogP contribution is 2.21. The van der Waals surface area contributed by atoms with Crippen LogP contribution in [0.4, 0.5) is 4.39 Å². The highest BCUT2D eigenvalue weighted by Gasteiger charge is 2.23. The number of nitrogens with one attached hydrogen (secondary N) is 1. The van der Waals surface area contributed by atoms with Crippen LogP contribution in [-0.2, 0) is 10.0 Å². The molecule has 4 nitrogen and oxygen atoms in total. The van der Waals surface area contributed by atoms with E-state index in [2.05, 4.69) is 4.72 Å². The number of nitrogens with two attached hydrogens (primary N) is 1. The summed E-state index contributed by atoms with van der Waals surface area (Å²) in [4.78, 5) is 0.114. The summed E-state index contributed by atoms with van der Waals surface area (Å²) in [5.74, 6) is -0.466. The molecule has 3 N–H and O–H groups in total. The summed E-state index contributed by atoms with van der Waals surface area (Å²) in [6, 6.07) is 1.69. The van der Waals surface area contributed by atoms with E-state index in [0.29, 0.717) is 11.1 Å². The van der Waals surface area contributed by atoms with Gasteiger partial charge in [-0.15, -0.1) is 0 Å². The number of thiocarbonyl (C=S) groups is 1. The second-order valence-electron chi connectivity index (χ2n) is 4.11. The average Bonchev–Trinajstić information content (AvgIpc) is 2.13. The maximum absolute atomic E-state index is 13.1. The first-order valence-corrected chi connectivity index (χ1v) is 7.12. The van der Waals surface area contributed by atoms with Gasteiger partial charge in [0.2, 0.25) is 10.0 Å². The van der Waals surface area contributed by atoms with Gasteiger partial charge in [-0.2, -0.15) is 0 Å². The summed E-state index contributed by atoms with van der Waals surface area (Å²) in [6.45, 7) is 4.63. The minimum atomic E-state index is -3.77. The fraction of sp³-hybridized carbons (Fsp3) is 0.364. The molecule has 1 atom stereocenters. The van der Waals surface area contributed by atoms with Crippen molar-refractivity contribution < 1.29 is 12.8 Å². The lowest BCUT2D eigenvalue weighted by Gasteiger charge is -2.16. The number of sulfonamides is 1. The van der Waals surface area contributed by atoms with E-state index in [1.54, 1.807) is 6.92 Å². The Balaban J connectivity index is 3.25. The molecule has 0 spiro atoms. The van der Waals surface area contributed by atoms with E-state index < -0.39 is 21.9 Å². The Labute approximate surface area is 111 Å². The topological polar surface area (TPSA) is 72.2 Å². The van der Waals surface area contributed by atoms with E-state index in [9.17, 15) is 12.8 Å². The summed E-state index contributed by atoms with van der Waals surface area (Å²) in [5, 5.41) is 0. The third kappa shape index (κ3) is 3.24. The van der Waals surface area contributed by atoms with Crippen LogP contribution < -0.4 is 10.5 Å². The average molecular weight is 290 g/mol. The highest BCUT2D eigenvalue weighted by molar-refractivity contribution is 7.89. The van der Waals surface area contributed by atoms with Gasteiger partial charge < -0.3 is 5.73 Å². The number of hydrogen-bond donors (Lipinski definition) is 2. The number of rotatable bonds is 4. The second-order valence-corrected chi connectivity index (χ2v) is 6.24. The van der Waals surface area contributed by atoms with E-state index >= 15 is 0 Å². The third-order valence-corrected chi connectivity index (χ3v) is 4.65. The van der Waals surface area contributed by atoms with E-state index in [4.69, 9.17) is 18.0 Å². The zero-order chi connectivity index (χ0) is 14.1. The highest BCUT2D eigenvalue weighted by atomic mass is 32.2. The molecule has 18 heavy (non-hydrogen) atoms. The summed E-state index contributed by atoms with van der Waals surface area (Å²) in [6.07, 6.45) is 0. The van der Waals surface area contributed by atoms with Gasteiger partial charge in [-0.25, -0.2) is 17.5 Å². The zero-order valence-electron chi connectivity index (χ0n) is 10.3. The van der Waals surface area contributed by atoms with Crippen molar-refractivity contribution in [3.05, 3.63) is 29.1 Å². The van der Waals surface area contributed by atoms with Crippen LogP contribution in [0.5, 0.6) is 0 Å². The Morgan fingerprint density at radius 3 is 2.22 bits per heavy atom. The molecule has 0 amide bonds. The van der Waals surface area contributed by atoms with Crippen molar-refractivity contribution in [3.63, 3.8) is 0 Å². The van der Waals surface area contributed by atoms with Crippen molar-refractivity contribution in [3.8, 4) is 0 Å². The van der Waals surface area contributed by atoms with Crippen LogP contribution in [0, 0.1) is 19.7 Å². The van der Waals surface area contributed by atoms with E-state index in [1.165, 1.54) is 26.0 Å². The lowest BCUT2D eigenvalue weighted by atomic mass is 10.1. The first-order valence-electron chi connectivity index (χ1n) is 5.23. The predicted molar refractivity (Wildman–Crippen MR) is 72.4 cm³/mol. The maximum Gasteiger partial charge on any atom is 0.241 e. The summed E-state index contributed by atoms with van der Waals surface area (Å²) < 4.78 is 39.8. The Morgan fingerprint density at radius 2 is 1.83 bits per heavy atom. The van der Waals surface area contributed by atoms with Gasteiger partial charge in [-0.05, 0) is 44.0 Å². The molecule has 1 aromatic rings. The van der Waals surface area contributed by atoms with Crippen LogP contribution in [0.3, 0.4) is 0 Å². The largest absolute Gasteiger partial charge is 0.392 e. The number of benzene rings is 1. The quantitative estimate of drug-likeness (QED) is 0.822. The van der Waals surface area contributed by atoms with Gasteiger partial charge in [0.05, 0.1) is 15.9 Å². The summed E-state index contributed by atoms with van der Waals surface area (Å²) >= 11 is 4.71. The molecule has 0 aliphatic carbocycles. The van der Waals surface area contributed by atoms with Crippen molar-refractivity contribution in [2.24, 2.45) is 5.73 Å². The van der Waals surface area contributed by atoms with E-state index in [1.807, 2.05) is 0 Å². The SMILES string of the molecule is Cc1cc(F)cc(C)c1S(=O)(=O)NC(C)C(N)=S. The normalized spacial score (nSPS) is 13.3. The van der Waals surface area contributed by atoms with Crippen molar-refractivity contribution in [2.45, 2.75) is 31.7 Å². The van der Waals surface area contributed by atoms with Crippen LogP contribution in [0.25, 0.3) is 0 Å². The molecule has 1 aromatic carbocycles. The van der Waals surface area contributed by atoms with Gasteiger partial charge in [0.1, 0.15) is 5.82 Å². The van der Waals surface area contributed by atoms with Crippen LogP contribution in [-0.4, -0.2) is 19.4 Å². The molecule has 1 unspecified atom stereocenters.